The SMILES string of the molecule is Cc1nc(C(=O)N2CCC(C(O)c3ccccc3)CC2)ccc1C(=O)O. The quantitative estimate of drug-likeness (QED) is 0.881. The zero-order chi connectivity index (χ0) is 18.7. The highest BCUT2D eigenvalue weighted by atomic mass is 16.4. The average Bonchev–Trinajstić information content (AvgIpc) is 2.67. The number of aromatic carboxylic acids is 1. The summed E-state index contributed by atoms with van der Waals surface area (Å²) in [7, 11) is 0. The highest BCUT2D eigenvalue weighted by Gasteiger charge is 2.29. The van der Waals surface area contributed by atoms with E-state index in [1.807, 2.05) is 30.3 Å². The van der Waals surface area contributed by atoms with Crippen molar-refractivity contribution in [1.82, 2.24) is 9.88 Å². The highest BCUT2D eigenvalue weighted by molar-refractivity contribution is 5.94. The summed E-state index contributed by atoms with van der Waals surface area (Å²) in [5, 5.41) is 19.6. The maximum Gasteiger partial charge on any atom is 0.337 e. The number of hydrogen-bond donors (Lipinski definition) is 2. The molecule has 2 aromatic rings. The van der Waals surface area contributed by atoms with E-state index < -0.39 is 12.1 Å². The molecule has 1 aromatic heterocycles. The fraction of sp³-hybridized carbons (Fsp3) is 0.350. The number of aliphatic hydroxyl groups is 1. The second-order valence-electron chi connectivity index (χ2n) is 6.62. The van der Waals surface area contributed by atoms with Crippen molar-refractivity contribution in [1.29, 1.82) is 0 Å². The highest BCUT2D eigenvalue weighted by Crippen LogP contribution is 2.31. The summed E-state index contributed by atoms with van der Waals surface area (Å²) in [6.45, 7) is 2.69. The second kappa shape index (κ2) is 7.66. The summed E-state index contributed by atoms with van der Waals surface area (Å²) in [5.41, 5.74) is 1.59. The number of likely N-dealkylation sites (tertiary alicyclic amines) is 1. The van der Waals surface area contributed by atoms with Gasteiger partial charge in [0.05, 0.1) is 17.4 Å². The Kier molecular flexibility index (Phi) is 5.32. The molecule has 0 aliphatic carbocycles. The molecule has 1 aliphatic heterocycles. The first-order valence-electron chi connectivity index (χ1n) is 8.70. The van der Waals surface area contributed by atoms with Crippen LogP contribution in [0.25, 0.3) is 0 Å². The minimum atomic E-state index is -1.05. The molecule has 0 radical (unpaired) electrons. The lowest BCUT2D eigenvalue weighted by Gasteiger charge is -2.34. The molecule has 6 heteroatoms. The number of aryl methyl sites for hydroxylation is 1. The zero-order valence-corrected chi connectivity index (χ0v) is 14.6. The number of amides is 1. The van der Waals surface area contributed by atoms with Gasteiger partial charge in [0.1, 0.15) is 5.69 Å². The van der Waals surface area contributed by atoms with Crippen molar-refractivity contribution < 1.29 is 19.8 Å². The molecule has 6 nitrogen and oxygen atoms in total. The number of benzene rings is 1. The number of nitrogens with zero attached hydrogens (tertiary/aromatic N) is 2. The minimum absolute atomic E-state index is 0.103. The van der Waals surface area contributed by atoms with Crippen LogP contribution in [0.2, 0.25) is 0 Å². The third-order valence-corrected chi connectivity index (χ3v) is 4.95. The molecular formula is C20H22N2O4. The maximum atomic E-state index is 12.6. The summed E-state index contributed by atoms with van der Waals surface area (Å²) < 4.78 is 0. The smallest absolute Gasteiger partial charge is 0.337 e. The largest absolute Gasteiger partial charge is 0.478 e. The van der Waals surface area contributed by atoms with Crippen molar-refractivity contribution in [3.63, 3.8) is 0 Å². The molecule has 1 amide bonds. The van der Waals surface area contributed by atoms with Gasteiger partial charge in [-0.1, -0.05) is 30.3 Å². The minimum Gasteiger partial charge on any atom is -0.478 e. The van der Waals surface area contributed by atoms with Gasteiger partial charge in [-0.3, -0.25) is 4.79 Å². The molecule has 1 unspecified atom stereocenters. The van der Waals surface area contributed by atoms with E-state index in [1.54, 1.807) is 11.8 Å². The van der Waals surface area contributed by atoms with E-state index in [2.05, 4.69) is 4.98 Å². The first kappa shape index (κ1) is 18.1. The number of carboxylic acids is 1. The Hall–Kier alpha value is -2.73. The lowest BCUT2D eigenvalue weighted by atomic mass is 9.87. The molecule has 1 fully saturated rings. The van der Waals surface area contributed by atoms with Crippen LogP contribution < -0.4 is 0 Å². The standard InChI is InChI=1S/C20H22N2O4/c1-13-16(20(25)26)7-8-17(21-13)19(24)22-11-9-15(10-12-22)18(23)14-5-3-2-4-6-14/h2-8,15,18,23H,9-12H2,1H3,(H,25,26). The van der Waals surface area contributed by atoms with Crippen LogP contribution in [0, 0.1) is 12.8 Å². The number of piperidine rings is 1. The predicted molar refractivity (Wildman–Crippen MR) is 96.0 cm³/mol. The number of rotatable bonds is 4. The van der Waals surface area contributed by atoms with Gasteiger partial charge in [0.15, 0.2) is 0 Å². The molecule has 1 aliphatic rings. The Morgan fingerprint density at radius 2 is 1.77 bits per heavy atom. The fourth-order valence-corrected chi connectivity index (χ4v) is 3.41. The first-order chi connectivity index (χ1) is 12.5. The molecule has 1 aromatic carbocycles. The van der Waals surface area contributed by atoms with E-state index in [-0.39, 0.29) is 23.1 Å². The van der Waals surface area contributed by atoms with Gasteiger partial charge in [-0.15, -0.1) is 0 Å². The average molecular weight is 354 g/mol. The molecule has 0 saturated carbocycles. The van der Waals surface area contributed by atoms with Gasteiger partial charge in [0.25, 0.3) is 5.91 Å². The zero-order valence-electron chi connectivity index (χ0n) is 14.6. The molecule has 2 N–H and O–H groups in total. The molecule has 0 bridgehead atoms. The third kappa shape index (κ3) is 3.75. The van der Waals surface area contributed by atoms with E-state index >= 15 is 0 Å². The van der Waals surface area contributed by atoms with E-state index in [0.717, 1.165) is 5.56 Å². The summed E-state index contributed by atoms with van der Waals surface area (Å²) >= 11 is 0. The number of aromatic nitrogens is 1. The van der Waals surface area contributed by atoms with E-state index in [9.17, 15) is 14.7 Å². The van der Waals surface area contributed by atoms with Crippen molar-refractivity contribution in [3.05, 3.63) is 65.0 Å². The number of pyridine rings is 1. The van der Waals surface area contributed by atoms with Crippen molar-refractivity contribution in [2.24, 2.45) is 5.92 Å². The lowest BCUT2D eigenvalue weighted by molar-refractivity contribution is 0.0458. The second-order valence-corrected chi connectivity index (χ2v) is 6.62. The van der Waals surface area contributed by atoms with Gasteiger partial charge in [-0.2, -0.15) is 0 Å². The van der Waals surface area contributed by atoms with Gasteiger partial charge in [-0.05, 0) is 43.4 Å². The van der Waals surface area contributed by atoms with E-state index in [0.29, 0.717) is 31.6 Å². The first-order valence-corrected chi connectivity index (χ1v) is 8.70. The van der Waals surface area contributed by atoms with Gasteiger partial charge in [-0.25, -0.2) is 9.78 Å². The number of carbonyl (C=O) groups excluding carboxylic acids is 1. The number of hydrogen-bond acceptors (Lipinski definition) is 4. The topological polar surface area (TPSA) is 90.7 Å². The van der Waals surface area contributed by atoms with Crippen molar-refractivity contribution >= 4 is 11.9 Å². The summed E-state index contributed by atoms with van der Waals surface area (Å²) in [5.74, 6) is -1.13. The Morgan fingerprint density at radius 3 is 2.35 bits per heavy atom. The maximum absolute atomic E-state index is 12.6. The van der Waals surface area contributed by atoms with Gasteiger partial charge in [0, 0.05) is 13.1 Å². The molecule has 2 heterocycles. The number of carbonyl (C=O) groups is 2. The Morgan fingerprint density at radius 1 is 1.12 bits per heavy atom. The Labute approximate surface area is 152 Å². The monoisotopic (exact) mass is 354 g/mol. The van der Waals surface area contributed by atoms with Crippen molar-refractivity contribution in [2.75, 3.05) is 13.1 Å². The number of aliphatic hydroxyl groups excluding tert-OH is 1. The predicted octanol–water partition coefficient (Wildman–Crippen LogP) is 2.67. The van der Waals surface area contributed by atoms with Crippen LogP contribution in [0.1, 0.15) is 51.0 Å². The van der Waals surface area contributed by atoms with E-state index in [1.165, 1.54) is 12.1 Å². The van der Waals surface area contributed by atoms with E-state index in [4.69, 9.17) is 5.11 Å². The van der Waals surface area contributed by atoms with Crippen LogP contribution in [0.15, 0.2) is 42.5 Å². The molecule has 1 saturated heterocycles. The molecule has 1 atom stereocenters. The van der Waals surface area contributed by atoms with Gasteiger partial charge >= 0.3 is 5.97 Å². The summed E-state index contributed by atoms with van der Waals surface area (Å²) in [4.78, 5) is 29.6. The normalized spacial score (nSPS) is 16.3. The molecule has 26 heavy (non-hydrogen) atoms. The van der Waals surface area contributed by atoms with Crippen molar-refractivity contribution in [2.45, 2.75) is 25.9 Å². The van der Waals surface area contributed by atoms with Crippen LogP contribution in [-0.2, 0) is 0 Å². The van der Waals surface area contributed by atoms with Gasteiger partial charge < -0.3 is 15.1 Å². The Bertz CT molecular complexity index is 799. The van der Waals surface area contributed by atoms with Crippen LogP contribution in [0.3, 0.4) is 0 Å². The summed E-state index contributed by atoms with van der Waals surface area (Å²) in [6.07, 6.45) is 0.908. The van der Waals surface area contributed by atoms with Crippen LogP contribution >= 0.6 is 0 Å². The Balaban J connectivity index is 1.63. The van der Waals surface area contributed by atoms with Crippen LogP contribution in [0.5, 0.6) is 0 Å². The molecule has 3 rings (SSSR count). The van der Waals surface area contributed by atoms with Crippen molar-refractivity contribution in [3.8, 4) is 0 Å². The lowest BCUT2D eigenvalue weighted by Crippen LogP contribution is -2.40. The number of carboxylic acid groups (broad SMARTS) is 1. The molecule has 0 spiro atoms. The molecule has 136 valence electrons. The molecular weight excluding hydrogens is 332 g/mol. The van der Waals surface area contributed by atoms with Gasteiger partial charge in [0.2, 0.25) is 0 Å². The fourth-order valence-electron chi connectivity index (χ4n) is 3.41. The van der Waals surface area contributed by atoms with Crippen LogP contribution in [0.4, 0.5) is 0 Å². The third-order valence-electron chi connectivity index (χ3n) is 4.95. The summed E-state index contributed by atoms with van der Waals surface area (Å²) in [6, 6.07) is 12.4. The van der Waals surface area contributed by atoms with Crippen LogP contribution in [-0.4, -0.2) is 45.1 Å².